The number of rotatable bonds is 6. The van der Waals surface area contributed by atoms with Gasteiger partial charge in [-0.05, 0) is 0 Å². The minimum absolute atomic E-state index is 1.50. The van der Waals surface area contributed by atoms with Crippen LogP contribution in [0.4, 0.5) is 69.7 Å². The van der Waals surface area contributed by atoms with Crippen LogP contribution in [0.25, 0.3) is 0 Å². The molecule has 0 radical (unpaired) electrons. The van der Waals surface area contributed by atoms with E-state index in [0.29, 0.717) is 0 Å². The van der Waals surface area contributed by atoms with Gasteiger partial charge in [0, 0.05) is 0 Å². The quantitative estimate of drug-likeness (QED) is 0.372. The van der Waals surface area contributed by atoms with E-state index in [4.69, 9.17) is 0 Å². The van der Waals surface area contributed by atoms with Crippen molar-refractivity contribution in [3.05, 3.63) is 11.9 Å². The van der Waals surface area contributed by atoms with Gasteiger partial charge in [-0.3, -0.25) is 9.47 Å². The van der Waals surface area contributed by atoms with Crippen molar-refractivity contribution >= 4 is 10.2 Å². The summed E-state index contributed by atoms with van der Waals surface area (Å²) < 4.78 is 233. The van der Waals surface area contributed by atoms with Gasteiger partial charge in [0.05, 0.1) is 0 Å². The van der Waals surface area contributed by atoms with E-state index in [-0.39, 0.29) is 0 Å². The number of alkyl halides is 12. The van der Waals surface area contributed by atoms with Crippen LogP contribution in [0.2, 0.25) is 0 Å². The first-order chi connectivity index (χ1) is 13.2. The van der Waals surface area contributed by atoms with Crippen molar-refractivity contribution in [2.75, 3.05) is 0 Å². The Morgan fingerprint density at radius 3 is 1.55 bits per heavy atom. The molecule has 0 aromatic heterocycles. The molecule has 2 atom stereocenters. The van der Waals surface area contributed by atoms with E-state index in [1.807, 2.05) is 0 Å². The second kappa shape index (κ2) is 6.97. The first kappa shape index (κ1) is 27.5. The van der Waals surface area contributed by atoms with E-state index in [2.05, 4.69) is 9.47 Å². The average Bonchev–Trinajstić information content (AvgIpc) is 2.72. The topological polar surface area (TPSA) is 61.8 Å². The van der Waals surface area contributed by atoms with Crippen LogP contribution in [0.5, 0.6) is 0 Å². The van der Waals surface area contributed by atoms with Crippen LogP contribution >= 0.6 is 0 Å². The Kier molecular flexibility index (Phi) is 6.18. The summed E-state index contributed by atoms with van der Waals surface area (Å²) in [5, 5.41) is -7.41. The fourth-order valence-electron chi connectivity index (χ4n) is 1.64. The van der Waals surface area contributed by atoms with Crippen LogP contribution in [0.1, 0.15) is 0 Å². The fourth-order valence-corrected chi connectivity index (χ4v) is 1.96. The molecule has 184 valence electrons. The minimum atomic E-state index is -7.95. The van der Waals surface area contributed by atoms with E-state index in [9.17, 15) is 78.2 Å². The van der Waals surface area contributed by atoms with Crippen molar-refractivity contribution in [3.63, 3.8) is 0 Å². The van der Waals surface area contributed by atoms with Gasteiger partial charge in [0.25, 0.3) is 0 Å². The Labute approximate surface area is 157 Å². The molecule has 1 fully saturated rings. The number of ether oxygens (including phenoxy) is 3. The first-order valence-corrected chi connectivity index (χ1v) is 7.63. The third-order valence-electron chi connectivity index (χ3n) is 3.03. The summed E-state index contributed by atoms with van der Waals surface area (Å²) in [4.78, 5) is 0. The van der Waals surface area contributed by atoms with Gasteiger partial charge in [-0.1, -0.05) is 3.89 Å². The summed E-state index contributed by atoms with van der Waals surface area (Å²) >= 11 is 0. The van der Waals surface area contributed by atoms with Gasteiger partial charge in [-0.25, -0.2) is 4.74 Å². The first-order valence-electron chi connectivity index (χ1n) is 6.25. The molecule has 0 saturated carbocycles. The molecule has 0 aromatic rings. The summed E-state index contributed by atoms with van der Waals surface area (Å²) in [5.74, 6) is -18.1. The molecule has 0 bridgehead atoms. The molecule has 2 unspecified atom stereocenters. The molecule has 1 saturated heterocycles. The van der Waals surface area contributed by atoms with Crippen LogP contribution in [0.3, 0.4) is 0 Å². The number of hydrogen-bond donors (Lipinski definition) is 0. The maximum Gasteiger partial charge on any atom is 0.464 e. The van der Waals surface area contributed by atoms with Gasteiger partial charge in [0.15, 0.2) is 0 Å². The highest BCUT2D eigenvalue weighted by Crippen LogP contribution is 2.62. The predicted octanol–water partition coefficient (Wildman–Crippen LogP) is 4.72. The lowest BCUT2D eigenvalue weighted by Gasteiger charge is -2.34. The minimum Gasteiger partial charge on any atom is -0.285 e. The van der Waals surface area contributed by atoms with Crippen LogP contribution in [0.15, 0.2) is 11.9 Å². The van der Waals surface area contributed by atoms with E-state index in [0.717, 1.165) is 0 Å². The predicted molar refractivity (Wildman–Crippen MR) is 56.0 cm³/mol. The van der Waals surface area contributed by atoms with Crippen LogP contribution < -0.4 is 0 Å². The molecule has 22 heteroatoms. The van der Waals surface area contributed by atoms with Crippen molar-refractivity contribution in [3.8, 4) is 0 Å². The molecular weight excluding hydrogens is 524 g/mol. The zero-order chi connectivity index (χ0) is 25.3. The van der Waals surface area contributed by atoms with Gasteiger partial charge < -0.3 is 0 Å². The van der Waals surface area contributed by atoms with Crippen LogP contribution in [-0.4, -0.2) is 49.8 Å². The van der Waals surface area contributed by atoms with E-state index >= 15 is 0 Å². The lowest BCUT2D eigenvalue weighted by molar-refractivity contribution is -0.494. The van der Waals surface area contributed by atoms with Gasteiger partial charge >= 0.3 is 57.7 Å². The third kappa shape index (κ3) is 3.90. The Bertz CT molecular complexity index is 859. The fraction of sp³-hybridized carbons (Fsp3) is 0.778. The average molecular weight is 524 g/mol. The standard InChI is InChI=1S/C9F16O5S/c10-1(2(11)12)3(5(14,15)16)28-4(13,6(17,18)29-3)7(19,20)30-8(21,22)9(23,24)31(25,26)27. The summed E-state index contributed by atoms with van der Waals surface area (Å²) in [6.07, 6.45) is -33.7. The highest BCUT2D eigenvalue weighted by Gasteiger charge is 2.90. The lowest BCUT2D eigenvalue weighted by atomic mass is 10.2. The maximum atomic E-state index is 14.0. The second-order valence-corrected chi connectivity index (χ2v) is 6.48. The van der Waals surface area contributed by atoms with Gasteiger partial charge in [0.2, 0.25) is 5.83 Å². The number of hydrogen-bond acceptors (Lipinski definition) is 5. The van der Waals surface area contributed by atoms with E-state index in [1.54, 1.807) is 0 Å². The van der Waals surface area contributed by atoms with Crippen LogP contribution in [0, 0.1) is 0 Å². The summed E-state index contributed by atoms with van der Waals surface area (Å²) in [6, 6.07) is 0. The normalized spacial score (nSPS) is 28.0. The molecule has 0 aliphatic carbocycles. The van der Waals surface area contributed by atoms with Crippen molar-refractivity contribution in [1.29, 1.82) is 0 Å². The smallest absolute Gasteiger partial charge is 0.285 e. The molecule has 1 aliphatic rings. The summed E-state index contributed by atoms with van der Waals surface area (Å²) in [6.45, 7) is 0. The summed E-state index contributed by atoms with van der Waals surface area (Å²) in [7, 11) is -7.95. The Morgan fingerprint density at radius 2 is 1.23 bits per heavy atom. The highest BCUT2D eigenvalue weighted by atomic mass is 32.3. The molecule has 0 amide bonds. The molecule has 1 heterocycles. The maximum absolute atomic E-state index is 14.0. The third-order valence-corrected chi connectivity index (χ3v) is 3.88. The Hall–Kier alpha value is -1.55. The zero-order valence-electron chi connectivity index (χ0n) is 13.0. The van der Waals surface area contributed by atoms with Crippen LogP contribution in [-0.2, 0) is 24.4 Å². The largest absolute Gasteiger partial charge is 0.464 e. The molecular formula is C9F16O5S. The van der Waals surface area contributed by atoms with E-state index < -0.39 is 63.5 Å². The Balaban J connectivity index is 3.67. The lowest BCUT2D eigenvalue weighted by Crippen LogP contribution is -2.62. The monoisotopic (exact) mass is 524 g/mol. The molecule has 1 rings (SSSR count). The second-order valence-electron chi connectivity index (χ2n) is 5.10. The SMILES string of the molecule is O=S(=O)(F)C(F)(F)C(F)(F)OC(F)(F)C1(F)OC(C(F)=C(F)F)(C(F)(F)F)OC1(F)F. The molecule has 31 heavy (non-hydrogen) atoms. The number of halogens is 16. The zero-order valence-corrected chi connectivity index (χ0v) is 13.8. The van der Waals surface area contributed by atoms with Crippen molar-refractivity contribution in [2.45, 2.75) is 41.4 Å². The summed E-state index contributed by atoms with van der Waals surface area (Å²) in [5.41, 5.74) is 0. The highest BCUT2D eigenvalue weighted by molar-refractivity contribution is 7.87. The van der Waals surface area contributed by atoms with Gasteiger partial charge in [-0.2, -0.15) is 74.3 Å². The van der Waals surface area contributed by atoms with E-state index in [1.165, 1.54) is 4.74 Å². The van der Waals surface area contributed by atoms with Crippen molar-refractivity contribution in [1.82, 2.24) is 0 Å². The molecule has 0 N–H and O–H groups in total. The van der Waals surface area contributed by atoms with Gasteiger partial charge in [-0.15, -0.1) is 0 Å². The molecule has 5 nitrogen and oxygen atoms in total. The molecule has 0 spiro atoms. The van der Waals surface area contributed by atoms with Crippen molar-refractivity contribution < 1.29 is 92.4 Å². The van der Waals surface area contributed by atoms with Crippen molar-refractivity contribution in [2.24, 2.45) is 0 Å². The Morgan fingerprint density at radius 1 is 0.806 bits per heavy atom. The van der Waals surface area contributed by atoms with Gasteiger partial charge in [0.1, 0.15) is 0 Å². The molecule has 1 aliphatic heterocycles. The molecule has 0 aromatic carbocycles.